The van der Waals surface area contributed by atoms with Crippen LogP contribution < -0.4 is 10.6 Å². The third-order valence-electron chi connectivity index (χ3n) is 3.63. The Morgan fingerprint density at radius 3 is 3.05 bits per heavy atom. The SMILES string of the molecule is CCNc1cccc(C(=O)NC2CCCC(SC)C2)n1. The number of thioether (sulfide) groups is 1. The molecule has 1 saturated carbocycles. The average Bonchev–Trinajstić information content (AvgIpc) is 2.48. The summed E-state index contributed by atoms with van der Waals surface area (Å²) >= 11 is 1.90. The van der Waals surface area contributed by atoms with Crippen LogP contribution in [0.4, 0.5) is 5.82 Å². The van der Waals surface area contributed by atoms with Gasteiger partial charge in [-0.3, -0.25) is 4.79 Å². The average molecular weight is 293 g/mol. The van der Waals surface area contributed by atoms with Gasteiger partial charge in [-0.05, 0) is 44.6 Å². The fourth-order valence-electron chi connectivity index (χ4n) is 2.59. The molecule has 110 valence electrons. The molecule has 1 aliphatic rings. The first-order chi connectivity index (χ1) is 9.72. The van der Waals surface area contributed by atoms with Gasteiger partial charge in [0.05, 0.1) is 0 Å². The van der Waals surface area contributed by atoms with E-state index in [9.17, 15) is 4.79 Å². The highest BCUT2D eigenvalue weighted by Crippen LogP contribution is 2.27. The minimum absolute atomic E-state index is 0.0588. The number of aromatic nitrogens is 1. The molecule has 0 aliphatic heterocycles. The molecule has 1 aliphatic carbocycles. The van der Waals surface area contributed by atoms with Crippen molar-refractivity contribution in [3.63, 3.8) is 0 Å². The van der Waals surface area contributed by atoms with Crippen LogP contribution in [0.2, 0.25) is 0 Å². The number of nitrogens with one attached hydrogen (secondary N) is 2. The van der Waals surface area contributed by atoms with E-state index in [4.69, 9.17) is 0 Å². The van der Waals surface area contributed by atoms with Crippen molar-refractivity contribution >= 4 is 23.5 Å². The fraction of sp³-hybridized carbons (Fsp3) is 0.600. The molecule has 1 fully saturated rings. The van der Waals surface area contributed by atoms with Crippen LogP contribution in [-0.2, 0) is 0 Å². The second-order valence-corrected chi connectivity index (χ2v) is 6.27. The number of pyridine rings is 1. The van der Waals surface area contributed by atoms with Gasteiger partial charge < -0.3 is 10.6 Å². The van der Waals surface area contributed by atoms with E-state index in [0.29, 0.717) is 17.0 Å². The van der Waals surface area contributed by atoms with Crippen LogP contribution in [0.3, 0.4) is 0 Å². The van der Waals surface area contributed by atoms with Crippen LogP contribution in [0.15, 0.2) is 18.2 Å². The van der Waals surface area contributed by atoms with Crippen LogP contribution in [-0.4, -0.2) is 35.0 Å². The van der Waals surface area contributed by atoms with Crippen LogP contribution >= 0.6 is 11.8 Å². The Morgan fingerprint density at radius 1 is 1.45 bits per heavy atom. The van der Waals surface area contributed by atoms with E-state index in [1.54, 1.807) is 6.07 Å². The summed E-state index contributed by atoms with van der Waals surface area (Å²) in [6, 6.07) is 5.81. The minimum Gasteiger partial charge on any atom is -0.370 e. The molecule has 1 aromatic rings. The van der Waals surface area contributed by atoms with Crippen molar-refractivity contribution in [2.45, 2.75) is 43.9 Å². The summed E-state index contributed by atoms with van der Waals surface area (Å²) in [4.78, 5) is 16.6. The lowest BCUT2D eigenvalue weighted by Crippen LogP contribution is -2.39. The van der Waals surface area contributed by atoms with Gasteiger partial charge in [-0.25, -0.2) is 4.98 Å². The number of anilines is 1. The Morgan fingerprint density at radius 2 is 2.30 bits per heavy atom. The van der Waals surface area contributed by atoms with Gasteiger partial charge in [0.1, 0.15) is 11.5 Å². The summed E-state index contributed by atoms with van der Waals surface area (Å²) in [6.07, 6.45) is 6.76. The number of hydrogen-bond donors (Lipinski definition) is 2. The number of hydrogen-bond acceptors (Lipinski definition) is 4. The maximum Gasteiger partial charge on any atom is 0.270 e. The maximum absolute atomic E-state index is 12.3. The molecule has 0 saturated heterocycles. The fourth-order valence-corrected chi connectivity index (χ4v) is 3.42. The molecule has 0 spiro atoms. The minimum atomic E-state index is -0.0588. The molecule has 5 heteroatoms. The highest BCUT2D eigenvalue weighted by Gasteiger charge is 2.23. The first-order valence-corrected chi connectivity index (χ1v) is 8.56. The van der Waals surface area contributed by atoms with Gasteiger partial charge >= 0.3 is 0 Å². The lowest BCUT2D eigenvalue weighted by molar-refractivity contribution is 0.0923. The Kier molecular flexibility index (Phi) is 5.71. The Hall–Kier alpha value is -1.23. The summed E-state index contributed by atoms with van der Waals surface area (Å²) in [7, 11) is 0. The van der Waals surface area contributed by atoms with Crippen molar-refractivity contribution < 1.29 is 4.79 Å². The standard InChI is InChI=1S/C15H23N3OS/c1-3-16-14-9-5-8-13(18-14)15(19)17-11-6-4-7-12(10-11)20-2/h5,8-9,11-12H,3-4,6-7,10H2,1-2H3,(H,16,18)(H,17,19). The van der Waals surface area contributed by atoms with E-state index in [0.717, 1.165) is 25.2 Å². The molecule has 1 aromatic heterocycles. The molecule has 1 heterocycles. The zero-order valence-electron chi connectivity index (χ0n) is 12.2. The van der Waals surface area contributed by atoms with Crippen LogP contribution in [0.5, 0.6) is 0 Å². The molecule has 4 nitrogen and oxygen atoms in total. The van der Waals surface area contributed by atoms with E-state index in [2.05, 4.69) is 21.9 Å². The van der Waals surface area contributed by atoms with Crippen LogP contribution in [0.1, 0.15) is 43.1 Å². The second kappa shape index (κ2) is 7.53. The lowest BCUT2D eigenvalue weighted by Gasteiger charge is -2.28. The highest BCUT2D eigenvalue weighted by molar-refractivity contribution is 7.99. The second-order valence-electron chi connectivity index (χ2n) is 5.13. The van der Waals surface area contributed by atoms with Gasteiger partial charge in [0, 0.05) is 17.8 Å². The van der Waals surface area contributed by atoms with Gasteiger partial charge in [0.2, 0.25) is 0 Å². The molecule has 2 atom stereocenters. The van der Waals surface area contributed by atoms with E-state index in [-0.39, 0.29) is 5.91 Å². The predicted octanol–water partition coefficient (Wildman–Crippen LogP) is 2.92. The molecular weight excluding hydrogens is 270 g/mol. The number of rotatable bonds is 5. The van der Waals surface area contributed by atoms with Gasteiger partial charge in [0.25, 0.3) is 5.91 Å². The molecule has 2 unspecified atom stereocenters. The Bertz CT molecular complexity index is 452. The highest BCUT2D eigenvalue weighted by atomic mass is 32.2. The Labute approximate surface area is 125 Å². The van der Waals surface area contributed by atoms with E-state index < -0.39 is 0 Å². The summed E-state index contributed by atoms with van der Waals surface area (Å²) in [6.45, 7) is 2.81. The molecule has 20 heavy (non-hydrogen) atoms. The number of nitrogens with zero attached hydrogens (tertiary/aromatic N) is 1. The van der Waals surface area contributed by atoms with Gasteiger partial charge in [0.15, 0.2) is 0 Å². The van der Waals surface area contributed by atoms with Crippen molar-refractivity contribution in [1.29, 1.82) is 0 Å². The molecule has 2 N–H and O–H groups in total. The molecule has 0 aromatic carbocycles. The molecular formula is C15H23N3OS. The number of amides is 1. The summed E-state index contributed by atoms with van der Waals surface area (Å²) in [5, 5.41) is 6.93. The van der Waals surface area contributed by atoms with Gasteiger partial charge in [-0.1, -0.05) is 12.5 Å². The first kappa shape index (κ1) is 15.2. The van der Waals surface area contributed by atoms with Gasteiger partial charge in [-0.2, -0.15) is 11.8 Å². The largest absolute Gasteiger partial charge is 0.370 e. The zero-order chi connectivity index (χ0) is 14.4. The normalized spacial score (nSPS) is 22.3. The molecule has 0 bridgehead atoms. The third kappa shape index (κ3) is 4.13. The van der Waals surface area contributed by atoms with E-state index >= 15 is 0 Å². The number of carbonyl (C=O) groups is 1. The predicted molar refractivity (Wildman–Crippen MR) is 85.4 cm³/mol. The maximum atomic E-state index is 12.3. The summed E-state index contributed by atoms with van der Waals surface area (Å²) in [5.41, 5.74) is 0.495. The van der Waals surface area contributed by atoms with Crippen molar-refractivity contribution in [3.8, 4) is 0 Å². The van der Waals surface area contributed by atoms with Crippen LogP contribution in [0.25, 0.3) is 0 Å². The van der Waals surface area contributed by atoms with Crippen molar-refractivity contribution in [2.75, 3.05) is 18.1 Å². The van der Waals surface area contributed by atoms with Crippen LogP contribution in [0, 0.1) is 0 Å². The monoisotopic (exact) mass is 293 g/mol. The van der Waals surface area contributed by atoms with E-state index in [1.807, 2.05) is 30.8 Å². The lowest BCUT2D eigenvalue weighted by atomic mass is 9.95. The topological polar surface area (TPSA) is 54.0 Å². The van der Waals surface area contributed by atoms with Crippen molar-refractivity contribution in [3.05, 3.63) is 23.9 Å². The third-order valence-corrected chi connectivity index (χ3v) is 4.73. The first-order valence-electron chi connectivity index (χ1n) is 7.27. The van der Waals surface area contributed by atoms with Gasteiger partial charge in [-0.15, -0.1) is 0 Å². The molecule has 0 radical (unpaired) electrons. The quantitative estimate of drug-likeness (QED) is 0.876. The Balaban J connectivity index is 1.95. The number of carbonyl (C=O) groups excluding carboxylic acids is 1. The summed E-state index contributed by atoms with van der Waals surface area (Å²) in [5.74, 6) is 0.697. The molecule has 1 amide bonds. The zero-order valence-corrected chi connectivity index (χ0v) is 13.0. The molecule has 2 rings (SSSR count). The van der Waals surface area contributed by atoms with E-state index in [1.165, 1.54) is 12.8 Å². The smallest absolute Gasteiger partial charge is 0.270 e. The van der Waals surface area contributed by atoms with Crippen molar-refractivity contribution in [1.82, 2.24) is 10.3 Å². The van der Waals surface area contributed by atoms with Crippen molar-refractivity contribution in [2.24, 2.45) is 0 Å². The summed E-state index contributed by atoms with van der Waals surface area (Å²) < 4.78 is 0.